The molecule has 21 heavy (non-hydrogen) atoms. The van der Waals surface area contributed by atoms with Gasteiger partial charge in [-0.2, -0.15) is 10.2 Å². The number of nitrogens with zero attached hydrogens (tertiary/aromatic N) is 6. The van der Waals surface area contributed by atoms with Crippen molar-refractivity contribution >= 4 is 11.5 Å². The number of hydrogen-bond donors (Lipinski definition) is 1. The molecule has 1 atom stereocenters. The maximum atomic E-state index is 11.3. The second-order valence-corrected chi connectivity index (χ2v) is 5.29. The van der Waals surface area contributed by atoms with Crippen molar-refractivity contribution in [3.63, 3.8) is 0 Å². The lowest BCUT2D eigenvalue weighted by molar-refractivity contribution is -0.384. The lowest BCUT2D eigenvalue weighted by Gasteiger charge is -2.32. The summed E-state index contributed by atoms with van der Waals surface area (Å²) in [5.74, 6) is 1.61. The molecule has 0 saturated carbocycles. The Labute approximate surface area is 121 Å². The number of aromatic nitrogens is 5. The third-order valence-electron chi connectivity index (χ3n) is 3.88. The minimum Gasteiger partial charge on any atom is -0.350 e. The quantitative estimate of drug-likeness (QED) is 0.671. The van der Waals surface area contributed by atoms with Crippen molar-refractivity contribution in [2.75, 3.05) is 18.0 Å². The van der Waals surface area contributed by atoms with E-state index in [0.717, 1.165) is 25.2 Å². The van der Waals surface area contributed by atoms with E-state index >= 15 is 0 Å². The van der Waals surface area contributed by atoms with Crippen molar-refractivity contribution < 1.29 is 4.92 Å². The Morgan fingerprint density at radius 2 is 2.33 bits per heavy atom. The molecule has 0 aliphatic carbocycles. The summed E-state index contributed by atoms with van der Waals surface area (Å²) in [6, 6.07) is 0. The minimum absolute atomic E-state index is 0.0933. The van der Waals surface area contributed by atoms with Gasteiger partial charge in [-0.3, -0.25) is 15.2 Å². The number of nitro groups is 1. The zero-order valence-electron chi connectivity index (χ0n) is 12.0. The van der Waals surface area contributed by atoms with Gasteiger partial charge < -0.3 is 4.90 Å². The largest absolute Gasteiger partial charge is 0.350 e. The molecule has 112 valence electrons. The van der Waals surface area contributed by atoms with Gasteiger partial charge in [-0.05, 0) is 19.8 Å². The van der Waals surface area contributed by atoms with Crippen molar-refractivity contribution in [3.8, 4) is 0 Å². The molecule has 1 aliphatic heterocycles. The number of aromatic amines is 1. The highest BCUT2D eigenvalue weighted by molar-refractivity contribution is 5.61. The number of hydrogen-bond acceptors (Lipinski definition) is 6. The maximum Gasteiger partial charge on any atom is 0.333 e. The van der Waals surface area contributed by atoms with Crippen molar-refractivity contribution in [1.82, 2.24) is 25.0 Å². The maximum absolute atomic E-state index is 11.3. The van der Waals surface area contributed by atoms with E-state index in [1.807, 2.05) is 4.90 Å². The highest BCUT2D eigenvalue weighted by Crippen LogP contribution is 2.35. The molecule has 9 nitrogen and oxygen atoms in total. The van der Waals surface area contributed by atoms with Crippen LogP contribution >= 0.6 is 0 Å². The first-order chi connectivity index (χ1) is 10.1. The van der Waals surface area contributed by atoms with Crippen LogP contribution < -0.4 is 4.90 Å². The van der Waals surface area contributed by atoms with Crippen LogP contribution in [0.25, 0.3) is 0 Å². The van der Waals surface area contributed by atoms with Gasteiger partial charge in [0.15, 0.2) is 0 Å². The zero-order chi connectivity index (χ0) is 15.0. The molecule has 1 saturated heterocycles. The fourth-order valence-electron chi connectivity index (χ4n) is 3.01. The monoisotopic (exact) mass is 291 g/mol. The van der Waals surface area contributed by atoms with Gasteiger partial charge >= 0.3 is 5.69 Å². The van der Waals surface area contributed by atoms with Gasteiger partial charge in [0.1, 0.15) is 17.8 Å². The van der Waals surface area contributed by atoms with Gasteiger partial charge in [0.25, 0.3) is 0 Å². The summed E-state index contributed by atoms with van der Waals surface area (Å²) in [5.41, 5.74) is 0.537. The Hall–Kier alpha value is -2.45. The smallest absolute Gasteiger partial charge is 0.333 e. The lowest BCUT2D eigenvalue weighted by Crippen LogP contribution is -2.36. The first-order valence-electron chi connectivity index (χ1n) is 6.86. The van der Waals surface area contributed by atoms with Crippen LogP contribution in [0.4, 0.5) is 11.5 Å². The van der Waals surface area contributed by atoms with Crippen molar-refractivity contribution in [1.29, 1.82) is 0 Å². The normalized spacial score (nSPS) is 19.0. The molecule has 0 amide bonds. The number of aryl methyl sites for hydroxylation is 2. The molecule has 1 fully saturated rings. The fraction of sp³-hybridized carbons (Fsp3) is 0.583. The van der Waals surface area contributed by atoms with Crippen LogP contribution in [0.15, 0.2) is 6.33 Å². The molecule has 3 rings (SSSR count). The summed E-state index contributed by atoms with van der Waals surface area (Å²) in [6.45, 7) is 3.12. The number of piperidine rings is 1. The van der Waals surface area contributed by atoms with Crippen molar-refractivity contribution in [2.24, 2.45) is 7.05 Å². The summed E-state index contributed by atoms with van der Waals surface area (Å²) in [5, 5.41) is 22.3. The summed E-state index contributed by atoms with van der Waals surface area (Å²) in [7, 11) is 1.74. The minimum atomic E-state index is -0.351. The predicted molar refractivity (Wildman–Crippen MR) is 75.2 cm³/mol. The Morgan fingerprint density at radius 3 is 3.00 bits per heavy atom. The molecule has 1 aliphatic rings. The number of nitrogens with one attached hydrogen (secondary N) is 1. The summed E-state index contributed by atoms with van der Waals surface area (Å²) < 4.78 is 1.59. The summed E-state index contributed by atoms with van der Waals surface area (Å²) in [4.78, 5) is 17.2. The van der Waals surface area contributed by atoms with Gasteiger partial charge in [-0.25, -0.2) is 9.67 Å². The SMILES string of the molecule is Cc1nn(C)c(N2CCCC(c3ncn[nH]3)C2)c1[N+](=O)[O-]. The predicted octanol–water partition coefficient (Wildman–Crippen LogP) is 1.14. The highest BCUT2D eigenvalue weighted by atomic mass is 16.6. The second kappa shape index (κ2) is 5.15. The number of rotatable bonds is 3. The molecule has 0 spiro atoms. The van der Waals surface area contributed by atoms with Crippen LogP contribution in [-0.4, -0.2) is 43.0 Å². The van der Waals surface area contributed by atoms with Crippen LogP contribution in [0.5, 0.6) is 0 Å². The Balaban J connectivity index is 1.92. The topological polar surface area (TPSA) is 106 Å². The first kappa shape index (κ1) is 13.5. The lowest BCUT2D eigenvalue weighted by atomic mass is 9.97. The summed E-state index contributed by atoms with van der Waals surface area (Å²) in [6.07, 6.45) is 3.44. The highest BCUT2D eigenvalue weighted by Gasteiger charge is 2.32. The van der Waals surface area contributed by atoms with Gasteiger partial charge in [-0.15, -0.1) is 0 Å². The van der Waals surface area contributed by atoms with Crippen LogP contribution in [0.2, 0.25) is 0 Å². The Bertz CT molecular complexity index is 649. The fourth-order valence-corrected chi connectivity index (χ4v) is 3.01. The average Bonchev–Trinajstić information content (AvgIpc) is 3.06. The Kier molecular flexibility index (Phi) is 3.32. The van der Waals surface area contributed by atoms with E-state index in [4.69, 9.17) is 0 Å². The van der Waals surface area contributed by atoms with Crippen LogP contribution in [0, 0.1) is 17.0 Å². The molecule has 3 heterocycles. The molecular weight excluding hydrogens is 274 g/mol. The molecule has 0 aromatic carbocycles. The average molecular weight is 291 g/mol. The van der Waals surface area contributed by atoms with E-state index < -0.39 is 0 Å². The van der Waals surface area contributed by atoms with Crippen molar-refractivity contribution in [2.45, 2.75) is 25.7 Å². The molecule has 9 heteroatoms. The number of anilines is 1. The van der Waals surface area contributed by atoms with E-state index in [-0.39, 0.29) is 16.5 Å². The van der Waals surface area contributed by atoms with E-state index in [2.05, 4.69) is 20.3 Å². The van der Waals surface area contributed by atoms with E-state index in [1.54, 1.807) is 18.7 Å². The van der Waals surface area contributed by atoms with Gasteiger partial charge in [0.05, 0.1) is 4.92 Å². The third kappa shape index (κ3) is 2.34. The summed E-state index contributed by atoms with van der Waals surface area (Å²) >= 11 is 0. The molecule has 1 N–H and O–H groups in total. The van der Waals surface area contributed by atoms with E-state index in [1.165, 1.54) is 6.33 Å². The molecule has 2 aromatic rings. The second-order valence-electron chi connectivity index (χ2n) is 5.29. The first-order valence-corrected chi connectivity index (χ1v) is 6.86. The van der Waals surface area contributed by atoms with Crippen LogP contribution in [-0.2, 0) is 7.05 Å². The number of H-pyrrole nitrogens is 1. The van der Waals surface area contributed by atoms with E-state index in [9.17, 15) is 10.1 Å². The van der Waals surface area contributed by atoms with E-state index in [0.29, 0.717) is 18.1 Å². The van der Waals surface area contributed by atoms with Gasteiger partial charge in [-0.1, -0.05) is 0 Å². The van der Waals surface area contributed by atoms with Gasteiger partial charge in [0.2, 0.25) is 5.82 Å². The molecule has 2 aromatic heterocycles. The molecular formula is C12H17N7O2. The van der Waals surface area contributed by atoms with Crippen molar-refractivity contribution in [3.05, 3.63) is 28.0 Å². The molecule has 1 unspecified atom stereocenters. The standard InChI is InChI=1S/C12H17N7O2/c1-8-10(19(20)21)12(17(2)16-8)18-5-3-4-9(6-18)11-13-7-14-15-11/h7,9H,3-6H2,1-2H3,(H,13,14,15). The molecule has 0 radical (unpaired) electrons. The van der Waals surface area contributed by atoms with Crippen LogP contribution in [0.3, 0.4) is 0 Å². The van der Waals surface area contributed by atoms with Gasteiger partial charge in [0, 0.05) is 26.1 Å². The zero-order valence-corrected chi connectivity index (χ0v) is 12.0. The third-order valence-corrected chi connectivity index (χ3v) is 3.88. The molecule has 0 bridgehead atoms. The van der Waals surface area contributed by atoms with Crippen LogP contribution in [0.1, 0.15) is 30.3 Å². The Morgan fingerprint density at radius 1 is 1.52 bits per heavy atom.